The Morgan fingerprint density at radius 2 is 2.00 bits per heavy atom. The summed E-state index contributed by atoms with van der Waals surface area (Å²) in [5.74, 6) is 0.796. The molecule has 1 rings (SSSR count). The molecule has 0 aliphatic heterocycles. The van der Waals surface area contributed by atoms with E-state index in [9.17, 15) is 0 Å². The van der Waals surface area contributed by atoms with Crippen LogP contribution in [0.5, 0.6) is 0 Å². The highest BCUT2D eigenvalue weighted by Gasteiger charge is 2.29. The molecule has 8 heavy (non-hydrogen) atoms. The normalized spacial score (nSPS) is 24.0. The van der Waals surface area contributed by atoms with Crippen molar-refractivity contribution in [2.75, 3.05) is 14.1 Å². The molecular formula is C6H14N2. The molecule has 0 bridgehead atoms. The molecule has 2 N–H and O–H groups in total. The van der Waals surface area contributed by atoms with Gasteiger partial charge in [0.25, 0.3) is 0 Å². The molecule has 1 aliphatic rings. The fourth-order valence-electron chi connectivity index (χ4n) is 0.859. The Labute approximate surface area is 50.7 Å². The van der Waals surface area contributed by atoms with Crippen molar-refractivity contribution in [1.82, 2.24) is 4.90 Å². The van der Waals surface area contributed by atoms with Crippen molar-refractivity contribution >= 4 is 0 Å². The molecule has 48 valence electrons. The number of rotatable bonds is 2. The number of nitrogens with zero attached hydrogens (tertiary/aromatic N) is 1. The van der Waals surface area contributed by atoms with Crippen LogP contribution in [0.15, 0.2) is 0 Å². The average molecular weight is 114 g/mol. The summed E-state index contributed by atoms with van der Waals surface area (Å²) in [5, 5.41) is 0. The molecular weight excluding hydrogens is 100 g/mol. The van der Waals surface area contributed by atoms with Crippen LogP contribution in [0.3, 0.4) is 0 Å². The second-order valence-corrected chi connectivity index (χ2v) is 2.79. The summed E-state index contributed by atoms with van der Waals surface area (Å²) in [6.07, 6.45) is 2.98. The van der Waals surface area contributed by atoms with Crippen LogP contribution in [-0.2, 0) is 0 Å². The highest BCUT2D eigenvalue weighted by atomic mass is 15.2. The first-order chi connectivity index (χ1) is 3.72. The van der Waals surface area contributed by atoms with Crippen molar-refractivity contribution in [3.63, 3.8) is 0 Å². The number of nitrogens with two attached hydrogens (primary N) is 1. The summed E-state index contributed by atoms with van der Waals surface area (Å²) >= 11 is 0. The lowest BCUT2D eigenvalue weighted by atomic mass is 10.3. The van der Waals surface area contributed by atoms with Crippen LogP contribution in [0.2, 0.25) is 0 Å². The Morgan fingerprint density at radius 1 is 1.50 bits per heavy atom. The topological polar surface area (TPSA) is 29.3 Å². The molecule has 1 atom stereocenters. The third-order valence-corrected chi connectivity index (χ3v) is 1.70. The molecule has 0 aromatic rings. The molecule has 1 fully saturated rings. The summed E-state index contributed by atoms with van der Waals surface area (Å²) < 4.78 is 0. The summed E-state index contributed by atoms with van der Waals surface area (Å²) in [5.41, 5.74) is 5.75. The van der Waals surface area contributed by atoms with Crippen LogP contribution >= 0.6 is 0 Å². The van der Waals surface area contributed by atoms with E-state index in [4.69, 9.17) is 5.73 Å². The minimum absolute atomic E-state index is 0.315. The van der Waals surface area contributed by atoms with Gasteiger partial charge >= 0.3 is 0 Å². The Balaban J connectivity index is 2.22. The van der Waals surface area contributed by atoms with Crippen molar-refractivity contribution in [2.24, 2.45) is 11.7 Å². The first-order valence-electron chi connectivity index (χ1n) is 3.14. The van der Waals surface area contributed by atoms with E-state index in [2.05, 4.69) is 4.90 Å². The van der Waals surface area contributed by atoms with Crippen LogP contribution < -0.4 is 5.73 Å². The molecule has 0 heterocycles. The number of hydrogen-bond donors (Lipinski definition) is 1. The molecule has 1 aliphatic carbocycles. The zero-order valence-electron chi connectivity index (χ0n) is 5.59. The lowest BCUT2D eigenvalue weighted by molar-refractivity contribution is 0.271. The van der Waals surface area contributed by atoms with Crippen LogP contribution in [0, 0.1) is 5.92 Å². The fourth-order valence-corrected chi connectivity index (χ4v) is 0.859. The minimum Gasteiger partial charge on any atom is -0.316 e. The van der Waals surface area contributed by atoms with Crippen LogP contribution in [0.4, 0.5) is 0 Å². The molecule has 1 unspecified atom stereocenters. The van der Waals surface area contributed by atoms with Crippen molar-refractivity contribution < 1.29 is 0 Å². The standard InChI is InChI=1S/C6H14N2/c1-8(2)6(7)5-3-4-5/h5-6H,3-4,7H2,1-2H3. The molecule has 0 amide bonds. The van der Waals surface area contributed by atoms with E-state index in [1.54, 1.807) is 0 Å². The summed E-state index contributed by atoms with van der Waals surface area (Å²) in [6, 6.07) is 0. The first kappa shape index (κ1) is 6.05. The van der Waals surface area contributed by atoms with Crippen molar-refractivity contribution in [2.45, 2.75) is 19.0 Å². The first-order valence-corrected chi connectivity index (χ1v) is 3.14. The smallest absolute Gasteiger partial charge is 0.0595 e. The van der Waals surface area contributed by atoms with E-state index >= 15 is 0 Å². The van der Waals surface area contributed by atoms with E-state index in [-0.39, 0.29) is 0 Å². The van der Waals surface area contributed by atoms with Gasteiger partial charge in [0.15, 0.2) is 0 Å². The van der Waals surface area contributed by atoms with E-state index in [0.717, 1.165) is 5.92 Å². The van der Waals surface area contributed by atoms with Crippen molar-refractivity contribution in [3.8, 4) is 0 Å². The van der Waals surface area contributed by atoms with Crippen LogP contribution in [-0.4, -0.2) is 25.2 Å². The number of hydrogen-bond acceptors (Lipinski definition) is 2. The van der Waals surface area contributed by atoms with Gasteiger partial charge < -0.3 is 5.73 Å². The van der Waals surface area contributed by atoms with Crippen LogP contribution in [0.1, 0.15) is 12.8 Å². The summed E-state index contributed by atoms with van der Waals surface area (Å²) in [6.45, 7) is 0. The zero-order chi connectivity index (χ0) is 6.15. The van der Waals surface area contributed by atoms with Gasteiger partial charge in [0.2, 0.25) is 0 Å². The van der Waals surface area contributed by atoms with Gasteiger partial charge in [-0.25, -0.2) is 0 Å². The van der Waals surface area contributed by atoms with E-state index in [1.165, 1.54) is 12.8 Å². The lowest BCUT2D eigenvalue weighted by Gasteiger charge is -2.18. The second-order valence-electron chi connectivity index (χ2n) is 2.79. The van der Waals surface area contributed by atoms with E-state index < -0.39 is 0 Å². The Hall–Kier alpha value is -0.0800. The van der Waals surface area contributed by atoms with Gasteiger partial charge in [0, 0.05) is 0 Å². The Morgan fingerprint density at radius 3 is 2.12 bits per heavy atom. The molecule has 0 spiro atoms. The largest absolute Gasteiger partial charge is 0.316 e. The van der Waals surface area contributed by atoms with E-state index in [1.807, 2.05) is 14.1 Å². The van der Waals surface area contributed by atoms with Gasteiger partial charge in [-0.05, 0) is 32.9 Å². The molecule has 0 aromatic heterocycles. The van der Waals surface area contributed by atoms with E-state index in [0.29, 0.717) is 6.17 Å². The van der Waals surface area contributed by atoms with Gasteiger partial charge in [0.05, 0.1) is 6.17 Å². The third kappa shape index (κ3) is 1.20. The van der Waals surface area contributed by atoms with Gasteiger partial charge in [-0.2, -0.15) is 0 Å². The average Bonchev–Trinajstić information content (AvgIpc) is 2.43. The lowest BCUT2D eigenvalue weighted by Crippen LogP contribution is -2.37. The highest BCUT2D eigenvalue weighted by Crippen LogP contribution is 2.31. The van der Waals surface area contributed by atoms with Crippen molar-refractivity contribution in [3.05, 3.63) is 0 Å². The maximum absolute atomic E-state index is 5.75. The molecule has 0 saturated heterocycles. The summed E-state index contributed by atoms with van der Waals surface area (Å²) in [7, 11) is 4.06. The molecule has 2 nitrogen and oxygen atoms in total. The van der Waals surface area contributed by atoms with Gasteiger partial charge in [0.1, 0.15) is 0 Å². The molecule has 2 heteroatoms. The van der Waals surface area contributed by atoms with Gasteiger partial charge in [-0.15, -0.1) is 0 Å². The Kier molecular flexibility index (Phi) is 1.54. The fraction of sp³-hybridized carbons (Fsp3) is 1.00. The van der Waals surface area contributed by atoms with Crippen LogP contribution in [0.25, 0.3) is 0 Å². The third-order valence-electron chi connectivity index (χ3n) is 1.70. The summed E-state index contributed by atoms with van der Waals surface area (Å²) in [4.78, 5) is 2.08. The second kappa shape index (κ2) is 2.03. The van der Waals surface area contributed by atoms with Gasteiger partial charge in [-0.3, -0.25) is 4.90 Å². The predicted molar refractivity (Wildman–Crippen MR) is 34.4 cm³/mol. The molecule has 1 saturated carbocycles. The minimum atomic E-state index is 0.315. The monoisotopic (exact) mass is 114 g/mol. The maximum atomic E-state index is 5.75. The molecule has 0 radical (unpaired) electrons. The zero-order valence-corrected chi connectivity index (χ0v) is 5.59. The van der Waals surface area contributed by atoms with Crippen molar-refractivity contribution in [1.29, 1.82) is 0 Å². The molecule has 0 aromatic carbocycles. The SMILES string of the molecule is CN(C)C(N)C1CC1. The van der Waals surface area contributed by atoms with Gasteiger partial charge in [-0.1, -0.05) is 0 Å². The highest BCUT2D eigenvalue weighted by molar-refractivity contribution is 4.81. The quantitative estimate of drug-likeness (QED) is 0.521. The Bertz CT molecular complexity index is 74.6. The predicted octanol–water partition coefficient (Wildman–Crippen LogP) is 0.243. The maximum Gasteiger partial charge on any atom is 0.0595 e.